The lowest BCUT2D eigenvalue weighted by Crippen LogP contribution is -2.19. The van der Waals surface area contributed by atoms with E-state index in [0.29, 0.717) is 0 Å². The van der Waals surface area contributed by atoms with Gasteiger partial charge in [0.25, 0.3) is 0 Å². The number of nitrogens with one attached hydrogen (secondary N) is 1. The van der Waals surface area contributed by atoms with Crippen LogP contribution >= 0.6 is 0 Å². The summed E-state index contributed by atoms with van der Waals surface area (Å²) >= 11 is 0. The summed E-state index contributed by atoms with van der Waals surface area (Å²) in [4.78, 5) is 8.10. The third-order valence-electron chi connectivity index (χ3n) is 4.53. The van der Waals surface area contributed by atoms with Crippen molar-refractivity contribution in [2.45, 2.75) is 13.8 Å². The minimum Gasteiger partial charge on any atom is -0.494 e. The van der Waals surface area contributed by atoms with E-state index >= 15 is 0 Å². The number of H-pyrrole nitrogens is 1. The van der Waals surface area contributed by atoms with Gasteiger partial charge in [0, 0.05) is 17.0 Å². The number of benzene rings is 1. The predicted molar refractivity (Wildman–Crippen MR) is 99.3 cm³/mol. The summed E-state index contributed by atoms with van der Waals surface area (Å²) < 4.78 is 7.22. The Hall–Kier alpha value is -3.21. The third kappa shape index (κ3) is 2.54. The Morgan fingerprint density at radius 1 is 1.20 bits per heavy atom. The smallest absolute Gasteiger partial charge is 0.144 e. The van der Waals surface area contributed by atoms with Gasteiger partial charge in [-0.1, -0.05) is 18.2 Å². The molecule has 0 saturated carbocycles. The summed E-state index contributed by atoms with van der Waals surface area (Å²) in [7, 11) is 1.67. The fourth-order valence-electron chi connectivity index (χ4n) is 3.18. The standard InChI is InChI=1S/C20H20N4O/c1-12-8-13(2)24(21)19(12)10-18-20(25-3)11-17(23-18)16-9-14-6-4-5-7-15(14)22-16/h4-11,23H,21H2,1-3H3/b17-16?,18-10-. The molecular formula is C20H20N4O. The van der Waals surface area contributed by atoms with Crippen LogP contribution < -0.4 is 31.9 Å². The van der Waals surface area contributed by atoms with Gasteiger partial charge in [-0.05, 0) is 43.7 Å². The molecule has 5 heteroatoms. The molecule has 1 aliphatic heterocycles. The van der Waals surface area contributed by atoms with Gasteiger partial charge >= 0.3 is 0 Å². The van der Waals surface area contributed by atoms with Gasteiger partial charge in [-0.3, -0.25) is 4.68 Å². The molecule has 5 nitrogen and oxygen atoms in total. The molecule has 0 unspecified atom stereocenters. The molecule has 0 spiro atoms. The van der Waals surface area contributed by atoms with Gasteiger partial charge in [-0.15, -0.1) is 0 Å². The lowest BCUT2D eigenvalue weighted by molar-refractivity contribution is 0.412. The molecule has 0 amide bonds. The maximum Gasteiger partial charge on any atom is 0.144 e. The Labute approximate surface area is 145 Å². The minimum atomic E-state index is 0.764. The molecule has 4 rings (SSSR count). The highest BCUT2D eigenvalue weighted by molar-refractivity contribution is 5.76. The second-order valence-corrected chi connectivity index (χ2v) is 6.23. The molecule has 25 heavy (non-hydrogen) atoms. The maximum atomic E-state index is 6.13. The van der Waals surface area contributed by atoms with Crippen LogP contribution in [0.3, 0.4) is 0 Å². The highest BCUT2D eigenvalue weighted by Gasteiger charge is 2.08. The number of aromatic nitrogens is 2. The molecule has 3 heterocycles. The molecule has 1 aliphatic rings. The first-order chi connectivity index (χ1) is 12.1. The van der Waals surface area contributed by atoms with Crippen molar-refractivity contribution in [2.75, 3.05) is 13.0 Å². The Morgan fingerprint density at radius 3 is 2.68 bits per heavy atom. The molecule has 2 aromatic heterocycles. The Balaban J connectivity index is 1.94. The van der Waals surface area contributed by atoms with Crippen LogP contribution in [0.5, 0.6) is 5.75 Å². The molecule has 0 bridgehead atoms. The quantitative estimate of drug-likeness (QED) is 0.659. The zero-order valence-electron chi connectivity index (χ0n) is 14.5. The highest BCUT2D eigenvalue weighted by Crippen LogP contribution is 2.13. The van der Waals surface area contributed by atoms with Gasteiger partial charge in [0.2, 0.25) is 0 Å². The molecule has 3 N–H and O–H groups in total. The average Bonchev–Trinajstić information content (AvgIpc) is 3.27. The van der Waals surface area contributed by atoms with Gasteiger partial charge in [0.1, 0.15) is 5.75 Å². The van der Waals surface area contributed by atoms with Crippen LogP contribution in [-0.4, -0.2) is 16.8 Å². The van der Waals surface area contributed by atoms with Gasteiger partial charge in [-0.25, -0.2) is 4.99 Å². The summed E-state index contributed by atoms with van der Waals surface area (Å²) in [5.74, 6) is 6.89. The fourth-order valence-corrected chi connectivity index (χ4v) is 3.18. The lowest BCUT2D eigenvalue weighted by Gasteiger charge is -2.01. The van der Waals surface area contributed by atoms with Gasteiger partial charge in [-0.2, -0.15) is 0 Å². The molecule has 0 aliphatic carbocycles. The molecule has 1 aromatic carbocycles. The summed E-state index contributed by atoms with van der Waals surface area (Å²) in [6.45, 7) is 4.03. The fraction of sp³-hybridized carbons (Fsp3) is 0.150. The van der Waals surface area contributed by atoms with Crippen molar-refractivity contribution in [3.05, 3.63) is 74.6 Å². The largest absolute Gasteiger partial charge is 0.494 e. The lowest BCUT2D eigenvalue weighted by atomic mass is 10.2. The molecule has 3 aromatic rings. The van der Waals surface area contributed by atoms with Gasteiger partial charge < -0.3 is 15.6 Å². The summed E-state index contributed by atoms with van der Waals surface area (Å²) in [5.41, 5.74) is 3.98. The van der Waals surface area contributed by atoms with E-state index in [2.05, 4.69) is 28.2 Å². The van der Waals surface area contributed by atoms with Crippen LogP contribution in [-0.2, 0) is 0 Å². The van der Waals surface area contributed by atoms with E-state index in [1.807, 2.05) is 44.2 Å². The number of aromatic amines is 1. The molecule has 0 fully saturated rings. The number of nitrogen functional groups attached to an aromatic ring is 1. The maximum absolute atomic E-state index is 6.13. The van der Waals surface area contributed by atoms with Crippen molar-refractivity contribution in [2.24, 2.45) is 4.99 Å². The predicted octanol–water partition coefficient (Wildman–Crippen LogP) is 0.206. The van der Waals surface area contributed by atoms with Crippen LogP contribution in [0.15, 0.2) is 41.4 Å². The second kappa shape index (κ2) is 5.70. The number of ether oxygens (including phenoxy) is 1. The van der Waals surface area contributed by atoms with E-state index < -0.39 is 0 Å². The van der Waals surface area contributed by atoms with Crippen molar-refractivity contribution in [1.29, 1.82) is 0 Å². The van der Waals surface area contributed by atoms with E-state index in [0.717, 1.165) is 49.7 Å². The van der Waals surface area contributed by atoms with Gasteiger partial charge in [0.05, 0.1) is 34.6 Å². The van der Waals surface area contributed by atoms with E-state index in [4.69, 9.17) is 10.6 Å². The van der Waals surface area contributed by atoms with Gasteiger partial charge in [0.15, 0.2) is 0 Å². The monoisotopic (exact) mass is 332 g/mol. The van der Waals surface area contributed by atoms with Crippen molar-refractivity contribution < 1.29 is 4.74 Å². The van der Waals surface area contributed by atoms with Crippen LogP contribution in [0.2, 0.25) is 0 Å². The Kier molecular flexibility index (Phi) is 3.50. The van der Waals surface area contributed by atoms with Crippen LogP contribution in [0.25, 0.3) is 17.8 Å². The minimum absolute atomic E-state index is 0.764. The first-order valence-electron chi connectivity index (χ1n) is 8.15. The van der Waals surface area contributed by atoms with Crippen LogP contribution in [0, 0.1) is 13.8 Å². The Morgan fingerprint density at radius 2 is 2.00 bits per heavy atom. The number of nitrogens with zero attached hydrogens (tertiary/aromatic N) is 2. The number of methoxy groups -OCH3 is 1. The highest BCUT2D eigenvalue weighted by atomic mass is 16.5. The molecule has 126 valence electrons. The summed E-state index contributed by atoms with van der Waals surface area (Å²) in [5, 5.41) is 3.90. The van der Waals surface area contributed by atoms with Crippen LogP contribution in [0.4, 0.5) is 0 Å². The number of nitrogens with two attached hydrogens (primary N) is 1. The normalized spacial score (nSPS) is 15.7. The number of rotatable bonds is 2. The van der Waals surface area contributed by atoms with Crippen molar-refractivity contribution in [1.82, 2.24) is 9.66 Å². The third-order valence-corrected chi connectivity index (χ3v) is 4.53. The van der Waals surface area contributed by atoms with Crippen LogP contribution in [0.1, 0.15) is 17.0 Å². The number of para-hydroxylation sites is 1. The first-order valence-corrected chi connectivity index (χ1v) is 8.15. The summed E-state index contributed by atoms with van der Waals surface area (Å²) in [6.07, 6.45) is 4.08. The molecule has 0 atom stereocenters. The molecular weight excluding hydrogens is 312 g/mol. The number of hydrogen-bond donors (Lipinski definition) is 2. The molecule has 0 radical (unpaired) electrons. The number of fused-ring (bicyclic) bond motifs is 1. The SMILES string of the molecule is COc1cc(=C2C=c3ccccc3=N2)[nH]/c1=C\c1c(C)cc(C)n1N. The van der Waals surface area contributed by atoms with Crippen molar-refractivity contribution in [3.63, 3.8) is 0 Å². The number of aryl methyl sites for hydroxylation is 2. The van der Waals surface area contributed by atoms with E-state index in [1.54, 1.807) is 11.8 Å². The average molecular weight is 332 g/mol. The van der Waals surface area contributed by atoms with Crippen molar-refractivity contribution >= 4 is 17.8 Å². The first kappa shape index (κ1) is 15.3. The van der Waals surface area contributed by atoms with E-state index in [1.165, 1.54) is 0 Å². The van der Waals surface area contributed by atoms with E-state index in [9.17, 15) is 0 Å². The zero-order chi connectivity index (χ0) is 17.6. The van der Waals surface area contributed by atoms with Crippen molar-refractivity contribution in [3.8, 4) is 5.75 Å². The summed E-state index contributed by atoms with van der Waals surface area (Å²) in [6, 6.07) is 12.1. The number of hydrogen-bond acceptors (Lipinski definition) is 3. The van der Waals surface area contributed by atoms with E-state index in [-0.39, 0.29) is 0 Å². The molecule has 0 saturated heterocycles. The topological polar surface area (TPSA) is 68.3 Å². The Bertz CT molecular complexity index is 1170. The second-order valence-electron chi connectivity index (χ2n) is 6.23. The zero-order valence-corrected chi connectivity index (χ0v) is 14.5.